The van der Waals surface area contributed by atoms with E-state index < -0.39 is 0 Å². The molecule has 0 spiro atoms. The van der Waals surface area contributed by atoms with Crippen molar-refractivity contribution in [2.45, 2.75) is 18.5 Å². The Balaban J connectivity index is 1.44. The number of aromatic nitrogens is 3. The Morgan fingerprint density at radius 1 is 1.03 bits per heavy atom. The van der Waals surface area contributed by atoms with E-state index in [1.165, 1.54) is 6.08 Å². The van der Waals surface area contributed by atoms with Gasteiger partial charge in [-0.3, -0.25) is 10.1 Å². The van der Waals surface area contributed by atoms with Crippen molar-refractivity contribution in [2.75, 3.05) is 24.9 Å². The molecule has 0 saturated heterocycles. The number of fused-ring (bicyclic) bond motifs is 1. The summed E-state index contributed by atoms with van der Waals surface area (Å²) in [7, 11) is 3.24. The first kappa shape index (κ1) is 24.4. The number of nitrogens with one attached hydrogen (secondary N) is 2. The summed E-state index contributed by atoms with van der Waals surface area (Å²) in [5, 5.41) is 11.5. The summed E-state index contributed by atoms with van der Waals surface area (Å²) in [6.07, 6.45) is 3.82. The second kappa shape index (κ2) is 10.8. The van der Waals surface area contributed by atoms with E-state index in [0.29, 0.717) is 23.1 Å². The first-order chi connectivity index (χ1) is 18.1. The molecule has 37 heavy (non-hydrogen) atoms. The molecule has 1 aliphatic rings. The van der Waals surface area contributed by atoms with Gasteiger partial charge in [-0.05, 0) is 42.3 Å². The number of amides is 1. The van der Waals surface area contributed by atoms with Crippen molar-refractivity contribution < 1.29 is 14.3 Å². The number of carbonyl (C=O) groups excluding carboxylic acids is 1. The van der Waals surface area contributed by atoms with E-state index in [1.807, 2.05) is 72.8 Å². The summed E-state index contributed by atoms with van der Waals surface area (Å²) in [5.74, 6) is 1.84. The van der Waals surface area contributed by atoms with Crippen LogP contribution < -0.4 is 20.1 Å². The minimum absolute atomic E-state index is 0.0436. The number of methoxy groups -OCH3 is 2. The summed E-state index contributed by atoms with van der Waals surface area (Å²) in [6.45, 7) is 0. The standard InChI is InChI=1S/C28H26ClN5O3/c1-36-24-9-5-3-7-19(24)13-16-26(35)31-27-32-28-30-22(18-11-14-20(29)15-12-18)17-23(34(28)33-27)21-8-4-6-10-25(21)37-2/h3-16,22-23H,17H2,1-2H3,(H2,30,31,32,33,35)/b16-13+. The summed E-state index contributed by atoms with van der Waals surface area (Å²) in [4.78, 5) is 17.3. The highest BCUT2D eigenvalue weighted by atomic mass is 35.5. The molecule has 2 N–H and O–H groups in total. The third-order valence-corrected chi connectivity index (χ3v) is 6.50. The third-order valence-electron chi connectivity index (χ3n) is 6.25. The van der Waals surface area contributed by atoms with Crippen molar-refractivity contribution in [3.8, 4) is 11.5 Å². The largest absolute Gasteiger partial charge is 0.496 e. The SMILES string of the molecule is COc1ccccc1/C=C/C(=O)Nc1nc2n(n1)C(c1ccccc1OC)CC(c1ccc(Cl)cc1)N2. The zero-order valence-corrected chi connectivity index (χ0v) is 21.1. The van der Waals surface area contributed by atoms with Crippen molar-refractivity contribution >= 4 is 35.5 Å². The van der Waals surface area contributed by atoms with E-state index in [4.69, 9.17) is 21.1 Å². The number of rotatable bonds is 7. The molecular formula is C28H26ClN5O3. The highest BCUT2D eigenvalue weighted by Crippen LogP contribution is 2.41. The van der Waals surface area contributed by atoms with Gasteiger partial charge in [0, 0.05) is 22.2 Å². The Morgan fingerprint density at radius 2 is 1.73 bits per heavy atom. The maximum atomic E-state index is 12.7. The highest BCUT2D eigenvalue weighted by Gasteiger charge is 2.32. The van der Waals surface area contributed by atoms with Crippen LogP contribution in [0.1, 0.15) is 35.2 Å². The monoisotopic (exact) mass is 515 g/mol. The number of ether oxygens (including phenoxy) is 2. The van der Waals surface area contributed by atoms with Crippen LogP contribution in [0, 0.1) is 0 Å². The van der Waals surface area contributed by atoms with Gasteiger partial charge in [-0.1, -0.05) is 60.1 Å². The van der Waals surface area contributed by atoms with Gasteiger partial charge in [0.2, 0.25) is 5.95 Å². The predicted octanol–water partition coefficient (Wildman–Crippen LogP) is 5.75. The molecule has 9 heteroatoms. The molecule has 1 aromatic heterocycles. The van der Waals surface area contributed by atoms with E-state index in [9.17, 15) is 4.79 Å². The average molecular weight is 516 g/mol. The number of hydrogen-bond acceptors (Lipinski definition) is 6. The number of benzene rings is 3. The summed E-state index contributed by atoms with van der Waals surface area (Å²) in [6, 6.07) is 22.8. The second-order valence-corrected chi connectivity index (χ2v) is 8.95. The lowest BCUT2D eigenvalue weighted by Crippen LogP contribution is -2.28. The fourth-order valence-electron chi connectivity index (χ4n) is 4.47. The maximum absolute atomic E-state index is 12.7. The van der Waals surface area contributed by atoms with Crippen molar-refractivity contribution in [1.29, 1.82) is 0 Å². The van der Waals surface area contributed by atoms with Gasteiger partial charge in [-0.25, -0.2) is 4.68 Å². The zero-order chi connectivity index (χ0) is 25.8. The fourth-order valence-corrected chi connectivity index (χ4v) is 4.59. The fraction of sp³-hybridized carbons (Fsp3) is 0.179. The molecule has 0 bridgehead atoms. The first-order valence-electron chi connectivity index (χ1n) is 11.8. The number of anilines is 2. The normalized spacial score (nSPS) is 16.6. The van der Waals surface area contributed by atoms with Crippen LogP contribution in [0.5, 0.6) is 11.5 Å². The molecule has 5 rings (SSSR count). The van der Waals surface area contributed by atoms with Gasteiger partial charge in [-0.2, -0.15) is 4.98 Å². The number of halogens is 1. The number of carbonyl (C=O) groups is 1. The van der Waals surface area contributed by atoms with E-state index >= 15 is 0 Å². The van der Waals surface area contributed by atoms with Gasteiger partial charge in [0.25, 0.3) is 11.9 Å². The minimum atomic E-state index is -0.350. The molecule has 8 nitrogen and oxygen atoms in total. The van der Waals surface area contributed by atoms with Crippen molar-refractivity contribution in [2.24, 2.45) is 0 Å². The lowest BCUT2D eigenvalue weighted by molar-refractivity contribution is -0.111. The molecule has 0 fully saturated rings. The topological polar surface area (TPSA) is 90.3 Å². The van der Waals surface area contributed by atoms with E-state index in [2.05, 4.69) is 20.7 Å². The lowest BCUT2D eigenvalue weighted by Gasteiger charge is -2.32. The average Bonchev–Trinajstić information content (AvgIpc) is 3.34. The van der Waals surface area contributed by atoms with Crippen LogP contribution in [0.25, 0.3) is 6.08 Å². The summed E-state index contributed by atoms with van der Waals surface area (Å²) < 4.78 is 12.8. The molecule has 188 valence electrons. The number of hydrogen-bond donors (Lipinski definition) is 2. The molecule has 0 aliphatic carbocycles. The van der Waals surface area contributed by atoms with E-state index in [1.54, 1.807) is 25.0 Å². The Kier molecular flexibility index (Phi) is 7.09. The van der Waals surface area contributed by atoms with Gasteiger partial charge in [0.05, 0.1) is 26.3 Å². The maximum Gasteiger partial charge on any atom is 0.250 e. The molecule has 4 aromatic rings. The molecule has 3 aromatic carbocycles. The highest BCUT2D eigenvalue weighted by molar-refractivity contribution is 6.30. The van der Waals surface area contributed by atoms with Crippen molar-refractivity contribution in [3.05, 3.63) is 101 Å². The minimum Gasteiger partial charge on any atom is -0.496 e. The molecule has 0 radical (unpaired) electrons. The molecule has 0 saturated carbocycles. The number of nitrogens with zero attached hydrogens (tertiary/aromatic N) is 3. The lowest BCUT2D eigenvalue weighted by atomic mass is 9.93. The van der Waals surface area contributed by atoms with Crippen LogP contribution in [-0.4, -0.2) is 34.9 Å². The molecule has 2 unspecified atom stereocenters. The Hall–Kier alpha value is -4.30. The predicted molar refractivity (Wildman–Crippen MR) is 144 cm³/mol. The smallest absolute Gasteiger partial charge is 0.250 e. The molecule has 1 amide bonds. The van der Waals surface area contributed by atoms with Crippen LogP contribution >= 0.6 is 11.6 Å². The Morgan fingerprint density at radius 3 is 2.49 bits per heavy atom. The van der Waals surface area contributed by atoms with Crippen molar-refractivity contribution in [1.82, 2.24) is 14.8 Å². The second-order valence-electron chi connectivity index (χ2n) is 8.51. The number of para-hydroxylation sites is 2. The van der Waals surface area contributed by atoms with Gasteiger partial charge in [0.1, 0.15) is 11.5 Å². The van der Waals surface area contributed by atoms with Crippen LogP contribution in [-0.2, 0) is 4.79 Å². The Labute approximate surface area is 219 Å². The van der Waals surface area contributed by atoms with Gasteiger partial charge >= 0.3 is 0 Å². The van der Waals surface area contributed by atoms with Crippen LogP contribution in [0.4, 0.5) is 11.9 Å². The molecular weight excluding hydrogens is 490 g/mol. The third kappa shape index (κ3) is 5.29. The van der Waals surface area contributed by atoms with Crippen LogP contribution in [0.2, 0.25) is 5.02 Å². The van der Waals surface area contributed by atoms with Crippen molar-refractivity contribution in [3.63, 3.8) is 0 Å². The van der Waals surface area contributed by atoms with Gasteiger partial charge < -0.3 is 14.8 Å². The first-order valence-corrected chi connectivity index (χ1v) is 12.2. The molecule has 1 aliphatic heterocycles. The van der Waals surface area contributed by atoms with Crippen LogP contribution in [0.15, 0.2) is 78.9 Å². The molecule has 2 heterocycles. The van der Waals surface area contributed by atoms with Gasteiger partial charge in [-0.15, -0.1) is 5.10 Å². The van der Waals surface area contributed by atoms with E-state index in [0.717, 1.165) is 22.4 Å². The molecule has 2 atom stereocenters. The van der Waals surface area contributed by atoms with Crippen LogP contribution in [0.3, 0.4) is 0 Å². The zero-order valence-electron chi connectivity index (χ0n) is 20.4. The Bertz CT molecular complexity index is 1430. The summed E-state index contributed by atoms with van der Waals surface area (Å²) in [5.41, 5.74) is 2.84. The summed E-state index contributed by atoms with van der Waals surface area (Å²) >= 11 is 6.11. The van der Waals surface area contributed by atoms with E-state index in [-0.39, 0.29) is 23.9 Å². The van der Waals surface area contributed by atoms with Gasteiger partial charge in [0.15, 0.2) is 0 Å². The quantitative estimate of drug-likeness (QED) is 0.305.